The summed E-state index contributed by atoms with van der Waals surface area (Å²) >= 11 is 7.75. The highest BCUT2D eigenvalue weighted by Gasteiger charge is 2.35. The van der Waals surface area contributed by atoms with Crippen molar-refractivity contribution in [1.82, 2.24) is 4.90 Å². The van der Waals surface area contributed by atoms with Crippen molar-refractivity contribution in [2.45, 2.75) is 29.4 Å². The van der Waals surface area contributed by atoms with Crippen molar-refractivity contribution in [2.24, 2.45) is 0 Å². The van der Waals surface area contributed by atoms with E-state index in [0.29, 0.717) is 23.1 Å². The fraction of sp³-hybridized carbons (Fsp3) is 0.387. The van der Waals surface area contributed by atoms with E-state index < -0.39 is 5.25 Å². The SMILES string of the molecule is COc1ccc(OCCCCN(C)CCc2ccc(OC)c(OC)c2)c(C2Sc3cc(Cl)ccc3N(C)C2=O)c1. The van der Waals surface area contributed by atoms with Gasteiger partial charge in [-0.2, -0.15) is 0 Å². The Hall–Kier alpha value is -3.07. The molecule has 40 heavy (non-hydrogen) atoms. The second kappa shape index (κ2) is 14.0. The number of methoxy groups -OCH3 is 3. The van der Waals surface area contributed by atoms with Crippen LogP contribution in [0.1, 0.15) is 29.2 Å². The molecule has 7 nitrogen and oxygen atoms in total. The number of benzene rings is 3. The van der Waals surface area contributed by atoms with E-state index in [0.717, 1.165) is 60.0 Å². The summed E-state index contributed by atoms with van der Waals surface area (Å²) in [4.78, 5) is 18.3. The van der Waals surface area contributed by atoms with Gasteiger partial charge in [0.2, 0.25) is 5.91 Å². The van der Waals surface area contributed by atoms with Crippen molar-refractivity contribution in [3.05, 3.63) is 70.7 Å². The second-order valence-electron chi connectivity index (χ2n) is 9.71. The molecule has 1 aliphatic heterocycles. The number of rotatable bonds is 13. The largest absolute Gasteiger partial charge is 0.497 e. The molecule has 0 bridgehead atoms. The summed E-state index contributed by atoms with van der Waals surface area (Å²) in [5, 5.41) is 0.187. The monoisotopic (exact) mass is 584 g/mol. The zero-order valence-electron chi connectivity index (χ0n) is 23.7. The predicted octanol–water partition coefficient (Wildman–Crippen LogP) is 6.51. The molecular weight excluding hydrogens is 548 g/mol. The molecule has 0 N–H and O–H groups in total. The summed E-state index contributed by atoms with van der Waals surface area (Å²) in [6.45, 7) is 2.47. The van der Waals surface area contributed by atoms with Gasteiger partial charge in [-0.05, 0) is 86.9 Å². The Morgan fingerprint density at radius 3 is 2.42 bits per heavy atom. The van der Waals surface area contributed by atoms with Gasteiger partial charge in [-0.3, -0.25) is 4.79 Å². The molecule has 3 aromatic carbocycles. The maximum atomic E-state index is 13.4. The second-order valence-corrected chi connectivity index (χ2v) is 11.3. The van der Waals surface area contributed by atoms with Crippen molar-refractivity contribution in [3.8, 4) is 23.0 Å². The molecule has 0 radical (unpaired) electrons. The normalized spacial score (nSPS) is 14.7. The van der Waals surface area contributed by atoms with Crippen molar-refractivity contribution >= 4 is 35.0 Å². The Labute approximate surface area is 246 Å². The average molecular weight is 585 g/mol. The van der Waals surface area contributed by atoms with Crippen LogP contribution in [0.15, 0.2) is 59.5 Å². The minimum atomic E-state index is -0.455. The van der Waals surface area contributed by atoms with Gasteiger partial charge < -0.3 is 28.7 Å². The number of hydrogen-bond acceptors (Lipinski definition) is 7. The molecule has 0 saturated heterocycles. The number of anilines is 1. The number of carbonyl (C=O) groups is 1. The first-order chi connectivity index (χ1) is 19.3. The molecule has 9 heteroatoms. The predicted molar refractivity (Wildman–Crippen MR) is 162 cm³/mol. The van der Waals surface area contributed by atoms with Crippen LogP contribution in [0.3, 0.4) is 0 Å². The zero-order chi connectivity index (χ0) is 28.6. The molecule has 1 aliphatic rings. The van der Waals surface area contributed by atoms with Gasteiger partial charge in [-0.15, -0.1) is 11.8 Å². The number of thioether (sulfide) groups is 1. The van der Waals surface area contributed by atoms with E-state index in [1.807, 2.05) is 42.5 Å². The van der Waals surface area contributed by atoms with E-state index in [1.54, 1.807) is 39.3 Å². The minimum absolute atomic E-state index is 0.00553. The van der Waals surface area contributed by atoms with Gasteiger partial charge in [-0.25, -0.2) is 0 Å². The van der Waals surface area contributed by atoms with Crippen LogP contribution in [0, 0.1) is 0 Å². The molecule has 4 rings (SSSR count). The Kier molecular flexibility index (Phi) is 10.5. The quantitative estimate of drug-likeness (QED) is 0.212. The Bertz CT molecular complexity index is 1320. The van der Waals surface area contributed by atoms with E-state index in [1.165, 1.54) is 17.3 Å². The van der Waals surface area contributed by atoms with E-state index >= 15 is 0 Å². The van der Waals surface area contributed by atoms with Crippen molar-refractivity contribution in [3.63, 3.8) is 0 Å². The first-order valence-electron chi connectivity index (χ1n) is 13.3. The summed E-state index contributed by atoms with van der Waals surface area (Å²) in [6, 6.07) is 17.3. The molecule has 1 amide bonds. The number of nitrogens with zero attached hydrogens (tertiary/aromatic N) is 2. The molecule has 1 heterocycles. The van der Waals surface area contributed by atoms with E-state index in [9.17, 15) is 4.79 Å². The van der Waals surface area contributed by atoms with Crippen molar-refractivity contribution in [2.75, 3.05) is 60.0 Å². The lowest BCUT2D eigenvalue weighted by Gasteiger charge is -2.32. The lowest BCUT2D eigenvalue weighted by atomic mass is 10.1. The molecule has 214 valence electrons. The van der Waals surface area contributed by atoms with Gasteiger partial charge in [-0.1, -0.05) is 17.7 Å². The third-order valence-electron chi connectivity index (χ3n) is 7.00. The molecule has 1 unspecified atom stereocenters. The Balaban J connectivity index is 1.32. The average Bonchev–Trinajstić information content (AvgIpc) is 2.97. The van der Waals surface area contributed by atoms with E-state index in [2.05, 4.69) is 18.0 Å². The molecule has 0 spiro atoms. The number of likely N-dealkylation sites (N-methyl/N-ethyl adjacent to an activating group) is 2. The third kappa shape index (κ3) is 7.16. The Morgan fingerprint density at radius 2 is 1.68 bits per heavy atom. The molecule has 1 atom stereocenters. The fourth-order valence-corrected chi connectivity index (χ4v) is 6.23. The van der Waals surface area contributed by atoms with Crippen LogP contribution in [-0.2, 0) is 11.2 Å². The van der Waals surface area contributed by atoms with Crippen LogP contribution in [-0.4, -0.2) is 65.9 Å². The Morgan fingerprint density at radius 1 is 0.900 bits per heavy atom. The van der Waals surface area contributed by atoms with Gasteiger partial charge >= 0.3 is 0 Å². The molecule has 3 aromatic rings. The minimum Gasteiger partial charge on any atom is -0.497 e. The van der Waals surface area contributed by atoms with Gasteiger partial charge in [0.15, 0.2) is 11.5 Å². The van der Waals surface area contributed by atoms with Crippen LogP contribution in [0.4, 0.5) is 5.69 Å². The van der Waals surface area contributed by atoms with Crippen LogP contribution in [0.2, 0.25) is 5.02 Å². The number of carbonyl (C=O) groups excluding carboxylic acids is 1. The number of ether oxygens (including phenoxy) is 4. The first-order valence-corrected chi connectivity index (χ1v) is 14.5. The molecular formula is C31H37ClN2O5S. The highest BCUT2D eigenvalue weighted by molar-refractivity contribution is 8.00. The number of hydrogen-bond donors (Lipinski definition) is 0. The van der Waals surface area contributed by atoms with Crippen LogP contribution >= 0.6 is 23.4 Å². The molecule has 0 aromatic heterocycles. The number of unbranched alkanes of at least 4 members (excludes halogenated alkanes) is 1. The first kappa shape index (κ1) is 29.9. The standard InChI is InChI=1S/C31H37ClN2O5S/c1-33(16-14-21-8-12-27(37-4)28(18-21)38-5)15-6-7-17-39-26-13-10-23(36-3)20-24(26)30-31(35)34(2)25-11-9-22(32)19-29(25)40-30/h8-13,18-20,30H,6-7,14-17H2,1-5H3. The summed E-state index contributed by atoms with van der Waals surface area (Å²) in [5.41, 5.74) is 2.88. The summed E-state index contributed by atoms with van der Waals surface area (Å²) in [7, 11) is 8.86. The van der Waals surface area contributed by atoms with E-state index in [-0.39, 0.29) is 5.91 Å². The number of fused-ring (bicyclic) bond motifs is 1. The smallest absolute Gasteiger partial charge is 0.244 e. The zero-order valence-corrected chi connectivity index (χ0v) is 25.3. The van der Waals surface area contributed by atoms with Crippen molar-refractivity contribution in [1.29, 1.82) is 0 Å². The van der Waals surface area contributed by atoms with Crippen LogP contribution in [0.5, 0.6) is 23.0 Å². The van der Waals surface area contributed by atoms with E-state index in [4.69, 9.17) is 30.5 Å². The maximum absolute atomic E-state index is 13.4. The summed E-state index contributed by atoms with van der Waals surface area (Å²) < 4.78 is 22.4. The van der Waals surface area contributed by atoms with Gasteiger partial charge in [0.1, 0.15) is 16.7 Å². The topological polar surface area (TPSA) is 60.5 Å². The highest BCUT2D eigenvalue weighted by atomic mass is 35.5. The van der Waals surface area contributed by atoms with Gasteiger partial charge in [0, 0.05) is 29.1 Å². The highest BCUT2D eigenvalue weighted by Crippen LogP contribution is 2.49. The fourth-order valence-electron chi connectivity index (χ4n) is 4.65. The number of halogens is 1. The number of amides is 1. The molecule has 0 fully saturated rings. The van der Waals surface area contributed by atoms with Crippen molar-refractivity contribution < 1.29 is 23.7 Å². The van der Waals surface area contributed by atoms with Crippen LogP contribution in [0.25, 0.3) is 0 Å². The van der Waals surface area contributed by atoms with Crippen LogP contribution < -0.4 is 23.8 Å². The summed E-state index contributed by atoms with van der Waals surface area (Å²) in [6.07, 6.45) is 2.83. The molecule has 0 aliphatic carbocycles. The lowest BCUT2D eigenvalue weighted by molar-refractivity contribution is -0.118. The maximum Gasteiger partial charge on any atom is 0.244 e. The van der Waals surface area contributed by atoms with Gasteiger partial charge in [0.25, 0.3) is 0 Å². The lowest BCUT2D eigenvalue weighted by Crippen LogP contribution is -2.33. The molecule has 0 saturated carbocycles. The summed E-state index contributed by atoms with van der Waals surface area (Å²) in [5.74, 6) is 2.88. The van der Waals surface area contributed by atoms with Gasteiger partial charge in [0.05, 0.1) is 33.6 Å². The third-order valence-corrected chi connectivity index (χ3v) is 8.51.